The molecule has 0 saturated heterocycles. The molecule has 1 aliphatic carbocycles. The second kappa shape index (κ2) is 4.00. The van der Waals surface area contributed by atoms with Crippen molar-refractivity contribution >= 4 is 5.57 Å². The van der Waals surface area contributed by atoms with Crippen LogP contribution in [0.25, 0.3) is 5.57 Å². The Kier molecular flexibility index (Phi) is 2.72. The zero-order chi connectivity index (χ0) is 9.97. The van der Waals surface area contributed by atoms with E-state index in [1.807, 2.05) is 0 Å². The highest BCUT2D eigenvalue weighted by Crippen LogP contribution is 2.28. The molecule has 0 atom stereocenters. The molecule has 0 N–H and O–H groups in total. The second-order valence-electron chi connectivity index (χ2n) is 4.19. The molecule has 0 nitrogen and oxygen atoms in total. The Hall–Kier alpha value is -1.04. The van der Waals surface area contributed by atoms with Gasteiger partial charge in [0.05, 0.1) is 0 Å². The van der Waals surface area contributed by atoms with Gasteiger partial charge in [0.15, 0.2) is 0 Å². The van der Waals surface area contributed by atoms with Gasteiger partial charge in [-0.25, -0.2) is 0 Å². The summed E-state index contributed by atoms with van der Waals surface area (Å²) < 4.78 is 0. The van der Waals surface area contributed by atoms with Crippen molar-refractivity contribution < 1.29 is 0 Å². The minimum Gasteiger partial charge on any atom is -0.0766 e. The Morgan fingerprint density at radius 3 is 2.93 bits per heavy atom. The van der Waals surface area contributed by atoms with Crippen LogP contribution in [0.3, 0.4) is 0 Å². The second-order valence-corrected chi connectivity index (χ2v) is 4.19. The molecule has 1 aromatic carbocycles. The number of hydrogen-bond donors (Lipinski definition) is 0. The molecule has 0 bridgehead atoms. The molecular weight excluding hydrogens is 168 g/mol. The highest BCUT2D eigenvalue weighted by molar-refractivity contribution is 5.71. The van der Waals surface area contributed by atoms with Crippen LogP contribution >= 0.6 is 0 Å². The number of unbranched alkanes of at least 4 members (excludes halogenated alkanes) is 1. The molecule has 0 radical (unpaired) electrons. The lowest BCUT2D eigenvalue weighted by molar-refractivity contribution is 0.794. The van der Waals surface area contributed by atoms with Gasteiger partial charge in [-0.05, 0) is 48.4 Å². The Balaban J connectivity index is 2.21. The molecule has 1 aromatic rings. The highest BCUT2D eigenvalue weighted by Gasteiger charge is 2.10. The van der Waals surface area contributed by atoms with E-state index in [0.29, 0.717) is 0 Å². The van der Waals surface area contributed by atoms with Crippen molar-refractivity contribution in [3.8, 4) is 0 Å². The zero-order valence-corrected chi connectivity index (χ0v) is 9.14. The van der Waals surface area contributed by atoms with Gasteiger partial charge in [0.2, 0.25) is 0 Å². The highest BCUT2D eigenvalue weighted by atomic mass is 14.1. The van der Waals surface area contributed by atoms with E-state index in [1.54, 1.807) is 0 Å². The molecular formula is C14H18. The van der Waals surface area contributed by atoms with Crippen LogP contribution in [0, 0.1) is 0 Å². The largest absolute Gasteiger partial charge is 0.0766 e. The third-order valence-corrected chi connectivity index (χ3v) is 3.05. The maximum Gasteiger partial charge on any atom is -0.00855 e. The maximum atomic E-state index is 2.38. The molecule has 14 heavy (non-hydrogen) atoms. The van der Waals surface area contributed by atoms with Crippen molar-refractivity contribution in [2.75, 3.05) is 0 Å². The number of rotatable bonds is 3. The summed E-state index contributed by atoms with van der Waals surface area (Å²) in [6.45, 7) is 4.47. The van der Waals surface area contributed by atoms with Gasteiger partial charge in [0, 0.05) is 0 Å². The summed E-state index contributed by atoms with van der Waals surface area (Å²) in [4.78, 5) is 0. The maximum absolute atomic E-state index is 2.38. The first-order valence-electron chi connectivity index (χ1n) is 5.60. The first-order valence-corrected chi connectivity index (χ1v) is 5.60. The van der Waals surface area contributed by atoms with Crippen molar-refractivity contribution in [3.05, 3.63) is 41.0 Å². The molecule has 0 saturated carbocycles. The van der Waals surface area contributed by atoms with Crippen molar-refractivity contribution in [1.82, 2.24) is 0 Å². The summed E-state index contributed by atoms with van der Waals surface area (Å²) in [5.74, 6) is 0. The first-order chi connectivity index (χ1) is 6.81. The Bertz CT molecular complexity index is 358. The molecule has 0 spiro atoms. The molecule has 74 valence electrons. The van der Waals surface area contributed by atoms with Gasteiger partial charge in [0.25, 0.3) is 0 Å². The number of hydrogen-bond acceptors (Lipinski definition) is 0. The lowest BCUT2D eigenvalue weighted by Crippen LogP contribution is -1.89. The monoisotopic (exact) mass is 186 g/mol. The lowest BCUT2D eigenvalue weighted by Gasteiger charge is -2.05. The molecule has 0 aromatic heterocycles. The SMILES string of the molecule is CCCCc1ccc2c(c1)C(C)=CC2. The van der Waals surface area contributed by atoms with Gasteiger partial charge in [-0.2, -0.15) is 0 Å². The Labute approximate surface area is 86.7 Å². The number of fused-ring (bicyclic) bond motifs is 1. The number of aryl methyl sites for hydroxylation is 1. The molecule has 1 aliphatic rings. The quantitative estimate of drug-likeness (QED) is 0.669. The average Bonchev–Trinajstić information content (AvgIpc) is 2.57. The van der Waals surface area contributed by atoms with E-state index >= 15 is 0 Å². The van der Waals surface area contributed by atoms with Gasteiger partial charge in [-0.15, -0.1) is 0 Å². The third kappa shape index (κ3) is 1.75. The molecule has 0 amide bonds. The standard InChI is InChI=1S/C14H18/c1-3-4-5-12-7-9-13-8-6-11(2)14(13)10-12/h6-7,9-10H,3-5,8H2,1-2H3. The Morgan fingerprint density at radius 1 is 1.29 bits per heavy atom. The third-order valence-electron chi connectivity index (χ3n) is 3.05. The van der Waals surface area contributed by atoms with Gasteiger partial charge in [-0.1, -0.05) is 37.6 Å². The summed E-state index contributed by atoms with van der Waals surface area (Å²) in [7, 11) is 0. The summed E-state index contributed by atoms with van der Waals surface area (Å²) >= 11 is 0. The van der Waals surface area contributed by atoms with E-state index in [4.69, 9.17) is 0 Å². The van der Waals surface area contributed by atoms with Crippen LogP contribution in [0.4, 0.5) is 0 Å². The first kappa shape index (κ1) is 9.51. The predicted octanol–water partition coefficient (Wildman–Crippen LogP) is 3.99. The smallest absolute Gasteiger partial charge is 0.00855 e. The molecule has 0 unspecified atom stereocenters. The van der Waals surface area contributed by atoms with Crippen LogP contribution < -0.4 is 0 Å². The van der Waals surface area contributed by atoms with Crippen molar-refractivity contribution in [2.24, 2.45) is 0 Å². The van der Waals surface area contributed by atoms with Gasteiger partial charge in [0.1, 0.15) is 0 Å². The topological polar surface area (TPSA) is 0 Å². The fourth-order valence-electron chi connectivity index (χ4n) is 2.08. The molecule has 0 aliphatic heterocycles. The van der Waals surface area contributed by atoms with Crippen molar-refractivity contribution in [3.63, 3.8) is 0 Å². The van der Waals surface area contributed by atoms with E-state index in [0.717, 1.165) is 6.42 Å². The molecule has 2 rings (SSSR count). The van der Waals surface area contributed by atoms with Crippen LogP contribution in [0.1, 0.15) is 43.4 Å². The summed E-state index contributed by atoms with van der Waals surface area (Å²) in [5, 5.41) is 0. The van der Waals surface area contributed by atoms with Crippen LogP contribution in [-0.2, 0) is 12.8 Å². The van der Waals surface area contributed by atoms with Crippen LogP contribution in [0.5, 0.6) is 0 Å². The summed E-state index contributed by atoms with van der Waals surface area (Å²) in [6.07, 6.45) is 7.29. The van der Waals surface area contributed by atoms with E-state index in [2.05, 4.69) is 38.1 Å². The van der Waals surface area contributed by atoms with Gasteiger partial charge < -0.3 is 0 Å². The van der Waals surface area contributed by atoms with Crippen molar-refractivity contribution in [1.29, 1.82) is 0 Å². The number of benzene rings is 1. The van der Waals surface area contributed by atoms with E-state index in [1.165, 1.54) is 41.5 Å². The van der Waals surface area contributed by atoms with Crippen LogP contribution in [-0.4, -0.2) is 0 Å². The summed E-state index contributed by atoms with van der Waals surface area (Å²) in [5.41, 5.74) is 5.94. The fraction of sp³-hybridized carbons (Fsp3) is 0.429. The van der Waals surface area contributed by atoms with Crippen LogP contribution in [0.2, 0.25) is 0 Å². The van der Waals surface area contributed by atoms with E-state index in [9.17, 15) is 0 Å². The Morgan fingerprint density at radius 2 is 2.14 bits per heavy atom. The fourth-order valence-corrected chi connectivity index (χ4v) is 2.08. The van der Waals surface area contributed by atoms with Crippen LogP contribution in [0.15, 0.2) is 24.3 Å². The van der Waals surface area contributed by atoms with E-state index < -0.39 is 0 Å². The molecule has 0 heteroatoms. The normalized spacial score (nSPS) is 14.0. The molecule has 0 fully saturated rings. The van der Waals surface area contributed by atoms with Crippen molar-refractivity contribution in [2.45, 2.75) is 39.5 Å². The van der Waals surface area contributed by atoms with Gasteiger partial charge >= 0.3 is 0 Å². The number of allylic oxidation sites excluding steroid dienone is 2. The minimum atomic E-state index is 1.13. The zero-order valence-electron chi connectivity index (χ0n) is 9.14. The predicted molar refractivity (Wildman–Crippen MR) is 62.4 cm³/mol. The average molecular weight is 186 g/mol. The minimum absolute atomic E-state index is 1.13. The lowest BCUT2D eigenvalue weighted by atomic mass is 10.0. The van der Waals surface area contributed by atoms with Gasteiger partial charge in [-0.3, -0.25) is 0 Å². The summed E-state index contributed by atoms with van der Waals surface area (Å²) in [6, 6.07) is 6.97. The van der Waals surface area contributed by atoms with E-state index in [-0.39, 0.29) is 0 Å². The molecule has 0 heterocycles.